The molecular formula is C18H22N3O3P. The van der Waals surface area contributed by atoms with Crippen molar-refractivity contribution in [1.82, 2.24) is 9.38 Å². The molecule has 1 aromatic carbocycles. The molecule has 0 amide bonds. The Morgan fingerprint density at radius 3 is 2.68 bits per heavy atom. The van der Waals surface area contributed by atoms with Crippen LogP contribution in [0.2, 0.25) is 0 Å². The van der Waals surface area contributed by atoms with Gasteiger partial charge in [-0.25, -0.2) is 4.98 Å². The van der Waals surface area contributed by atoms with E-state index in [9.17, 15) is 9.46 Å². The average Bonchev–Trinajstić information content (AvgIpc) is 2.99. The van der Waals surface area contributed by atoms with E-state index in [2.05, 4.69) is 10.3 Å². The number of imidazole rings is 1. The molecule has 6 nitrogen and oxygen atoms in total. The van der Waals surface area contributed by atoms with E-state index >= 15 is 0 Å². The molecule has 0 bridgehead atoms. The van der Waals surface area contributed by atoms with Crippen LogP contribution < -0.4 is 5.32 Å². The lowest BCUT2D eigenvalue weighted by Gasteiger charge is -2.18. The van der Waals surface area contributed by atoms with Crippen molar-refractivity contribution in [2.24, 2.45) is 0 Å². The second-order valence-corrected chi connectivity index (χ2v) is 7.70. The molecule has 0 fully saturated rings. The number of rotatable bonds is 7. The van der Waals surface area contributed by atoms with Crippen LogP contribution in [0.4, 0.5) is 5.82 Å². The summed E-state index contributed by atoms with van der Waals surface area (Å²) in [5, 5.41) is 3.07. The number of hydrogen-bond acceptors (Lipinski definition) is 4. The van der Waals surface area contributed by atoms with Crippen LogP contribution in [0, 0.1) is 0 Å². The van der Waals surface area contributed by atoms with Gasteiger partial charge in [0.1, 0.15) is 23.4 Å². The summed E-state index contributed by atoms with van der Waals surface area (Å²) in [6, 6.07) is 15.4. The molecular weight excluding hydrogens is 337 g/mol. The second kappa shape index (κ2) is 7.40. The van der Waals surface area contributed by atoms with Crippen molar-refractivity contribution in [2.45, 2.75) is 26.4 Å². The Morgan fingerprint density at radius 1 is 1.24 bits per heavy atom. The zero-order chi connectivity index (χ0) is 17.9. The van der Waals surface area contributed by atoms with Gasteiger partial charge in [-0.1, -0.05) is 43.3 Å². The van der Waals surface area contributed by atoms with E-state index in [1.807, 2.05) is 66.1 Å². The largest absolute Gasteiger partial charge is 0.358 e. The van der Waals surface area contributed by atoms with Gasteiger partial charge in [-0.15, -0.1) is 0 Å². The Hall–Kier alpha value is -2.14. The average molecular weight is 359 g/mol. The Balaban J connectivity index is 1.93. The fourth-order valence-corrected chi connectivity index (χ4v) is 3.67. The SMILES string of the molecule is CCC(C)OP(=O)(O)CNc1c(-c2ccccc2)nc2ccccn12. The van der Waals surface area contributed by atoms with E-state index in [-0.39, 0.29) is 12.4 Å². The molecule has 0 aliphatic rings. The van der Waals surface area contributed by atoms with E-state index in [1.54, 1.807) is 6.92 Å². The number of nitrogens with one attached hydrogen (secondary N) is 1. The number of benzene rings is 1. The van der Waals surface area contributed by atoms with E-state index in [0.717, 1.165) is 16.9 Å². The first-order valence-corrected chi connectivity index (χ1v) is 10.0. The number of nitrogens with zero attached hydrogens (tertiary/aromatic N) is 2. The van der Waals surface area contributed by atoms with Crippen LogP contribution in [0.3, 0.4) is 0 Å². The highest BCUT2D eigenvalue weighted by Gasteiger charge is 2.24. The molecule has 2 aromatic heterocycles. The van der Waals surface area contributed by atoms with Crippen LogP contribution in [-0.2, 0) is 9.09 Å². The third-order valence-corrected chi connectivity index (χ3v) is 5.19. The topological polar surface area (TPSA) is 75.9 Å². The Kier molecular flexibility index (Phi) is 5.23. The molecule has 3 aromatic rings. The molecule has 0 saturated carbocycles. The van der Waals surface area contributed by atoms with Gasteiger partial charge in [0.15, 0.2) is 0 Å². The van der Waals surface area contributed by atoms with Gasteiger partial charge >= 0.3 is 7.60 Å². The van der Waals surface area contributed by atoms with Crippen LogP contribution in [0.25, 0.3) is 16.9 Å². The Bertz CT molecular complexity index is 895. The van der Waals surface area contributed by atoms with Crippen molar-refractivity contribution < 1.29 is 14.0 Å². The lowest BCUT2D eigenvalue weighted by Crippen LogP contribution is -2.11. The zero-order valence-corrected chi connectivity index (χ0v) is 15.2. The maximum absolute atomic E-state index is 12.3. The summed E-state index contributed by atoms with van der Waals surface area (Å²) >= 11 is 0. The maximum atomic E-state index is 12.3. The maximum Gasteiger partial charge on any atom is 0.347 e. The van der Waals surface area contributed by atoms with Crippen LogP contribution >= 0.6 is 7.60 Å². The molecule has 2 unspecified atom stereocenters. The first-order chi connectivity index (χ1) is 12.0. The van der Waals surface area contributed by atoms with Crippen LogP contribution in [0.15, 0.2) is 54.7 Å². The lowest BCUT2D eigenvalue weighted by atomic mass is 10.1. The third kappa shape index (κ3) is 4.10. The summed E-state index contributed by atoms with van der Waals surface area (Å²) < 4.78 is 19.4. The minimum absolute atomic E-state index is 0.181. The fraction of sp³-hybridized carbons (Fsp3) is 0.278. The van der Waals surface area contributed by atoms with Gasteiger partial charge in [-0.2, -0.15) is 0 Å². The molecule has 2 atom stereocenters. The predicted molar refractivity (Wildman–Crippen MR) is 99.8 cm³/mol. The summed E-state index contributed by atoms with van der Waals surface area (Å²) in [4.78, 5) is 14.7. The standard InChI is InChI=1S/C18H22N3O3P/c1-3-14(2)24-25(22,23)13-19-18-17(15-9-5-4-6-10-15)20-16-11-7-8-12-21(16)18/h4-12,14,19H,3,13H2,1-2H3,(H,22,23). The highest BCUT2D eigenvalue weighted by Crippen LogP contribution is 2.44. The van der Waals surface area contributed by atoms with Gasteiger partial charge in [0.2, 0.25) is 0 Å². The van der Waals surface area contributed by atoms with Crippen molar-refractivity contribution in [3.8, 4) is 11.3 Å². The van der Waals surface area contributed by atoms with E-state index in [4.69, 9.17) is 4.52 Å². The molecule has 0 aliphatic heterocycles. The van der Waals surface area contributed by atoms with Crippen molar-refractivity contribution in [3.63, 3.8) is 0 Å². The first kappa shape index (κ1) is 17.7. The van der Waals surface area contributed by atoms with Gasteiger partial charge in [-0.05, 0) is 25.5 Å². The summed E-state index contributed by atoms with van der Waals surface area (Å²) in [5.74, 6) is 0.670. The van der Waals surface area contributed by atoms with Crippen LogP contribution in [0.5, 0.6) is 0 Å². The summed E-state index contributed by atoms with van der Waals surface area (Å²) in [5.41, 5.74) is 2.43. The highest BCUT2D eigenvalue weighted by atomic mass is 31.2. The second-order valence-electron chi connectivity index (χ2n) is 5.90. The van der Waals surface area contributed by atoms with Gasteiger partial charge < -0.3 is 14.7 Å². The Morgan fingerprint density at radius 2 is 1.96 bits per heavy atom. The number of anilines is 1. The molecule has 0 spiro atoms. The van der Waals surface area contributed by atoms with E-state index in [0.29, 0.717) is 12.2 Å². The predicted octanol–water partition coefficient (Wildman–Crippen LogP) is 4.37. The fourth-order valence-electron chi connectivity index (χ4n) is 2.53. The third-order valence-electron chi connectivity index (χ3n) is 3.94. The monoisotopic (exact) mass is 359 g/mol. The highest BCUT2D eigenvalue weighted by molar-refractivity contribution is 7.52. The quantitative estimate of drug-likeness (QED) is 0.613. The van der Waals surface area contributed by atoms with Gasteiger partial charge in [0.05, 0.1) is 6.10 Å². The molecule has 2 N–H and O–H groups in total. The molecule has 2 heterocycles. The molecule has 25 heavy (non-hydrogen) atoms. The zero-order valence-electron chi connectivity index (χ0n) is 14.3. The minimum Gasteiger partial charge on any atom is -0.358 e. The molecule has 0 saturated heterocycles. The van der Waals surface area contributed by atoms with Crippen molar-refractivity contribution in [2.75, 3.05) is 11.6 Å². The normalized spacial score (nSPS) is 15.0. The van der Waals surface area contributed by atoms with E-state index < -0.39 is 7.60 Å². The summed E-state index contributed by atoms with van der Waals surface area (Å²) in [7, 11) is -3.75. The first-order valence-electron chi connectivity index (χ1n) is 8.27. The summed E-state index contributed by atoms with van der Waals surface area (Å²) in [6.45, 7) is 3.70. The molecule has 0 radical (unpaired) electrons. The molecule has 3 rings (SSSR count). The molecule has 0 aliphatic carbocycles. The number of fused-ring (bicyclic) bond motifs is 1. The van der Waals surface area contributed by atoms with Crippen LogP contribution in [0.1, 0.15) is 20.3 Å². The van der Waals surface area contributed by atoms with Gasteiger partial charge in [0, 0.05) is 11.8 Å². The Labute approximate surface area is 147 Å². The van der Waals surface area contributed by atoms with Crippen molar-refractivity contribution in [1.29, 1.82) is 0 Å². The van der Waals surface area contributed by atoms with Crippen LogP contribution in [-0.4, -0.2) is 26.7 Å². The number of aromatic nitrogens is 2. The van der Waals surface area contributed by atoms with Gasteiger partial charge in [0.25, 0.3) is 0 Å². The lowest BCUT2D eigenvalue weighted by molar-refractivity contribution is 0.186. The molecule has 132 valence electrons. The van der Waals surface area contributed by atoms with Crippen molar-refractivity contribution in [3.05, 3.63) is 54.7 Å². The number of hydrogen-bond donors (Lipinski definition) is 2. The minimum atomic E-state index is -3.75. The summed E-state index contributed by atoms with van der Waals surface area (Å²) in [6.07, 6.45) is 2.10. The smallest absolute Gasteiger partial charge is 0.347 e. The van der Waals surface area contributed by atoms with Gasteiger partial charge in [-0.3, -0.25) is 8.97 Å². The number of pyridine rings is 1. The van der Waals surface area contributed by atoms with Crippen molar-refractivity contribution >= 4 is 19.1 Å². The molecule has 7 heteroatoms. The van der Waals surface area contributed by atoms with E-state index in [1.165, 1.54) is 0 Å².